The highest BCUT2D eigenvalue weighted by molar-refractivity contribution is 5.76. The highest BCUT2D eigenvalue weighted by atomic mass is 19.1. The zero-order chi connectivity index (χ0) is 15.2. The van der Waals surface area contributed by atoms with Gasteiger partial charge in [-0.05, 0) is 35.2 Å². The third-order valence-corrected chi connectivity index (χ3v) is 3.16. The van der Waals surface area contributed by atoms with Gasteiger partial charge in [0.15, 0.2) is 0 Å². The van der Waals surface area contributed by atoms with E-state index < -0.39 is 11.6 Å². The van der Waals surface area contributed by atoms with Crippen molar-refractivity contribution in [3.05, 3.63) is 65.5 Å². The van der Waals surface area contributed by atoms with Crippen molar-refractivity contribution in [1.82, 2.24) is 10.3 Å². The zero-order valence-corrected chi connectivity index (χ0v) is 11.6. The van der Waals surface area contributed by atoms with E-state index in [1.165, 1.54) is 12.1 Å². The molecule has 5 heteroatoms. The Hall–Kier alpha value is -2.30. The van der Waals surface area contributed by atoms with E-state index in [0.29, 0.717) is 12.0 Å². The molecule has 0 aliphatic carbocycles. The molecular weight excluding hydrogens is 274 g/mol. The van der Waals surface area contributed by atoms with Crippen LogP contribution in [-0.2, 0) is 11.3 Å². The van der Waals surface area contributed by atoms with Gasteiger partial charge in [-0.2, -0.15) is 0 Å². The Morgan fingerprint density at radius 1 is 1.29 bits per heavy atom. The van der Waals surface area contributed by atoms with Gasteiger partial charge < -0.3 is 5.32 Å². The molecule has 2 aromatic rings. The summed E-state index contributed by atoms with van der Waals surface area (Å²) in [5, 5.41) is 2.66. The summed E-state index contributed by atoms with van der Waals surface area (Å²) in [7, 11) is 0. The van der Waals surface area contributed by atoms with Gasteiger partial charge in [-0.1, -0.05) is 13.0 Å². The third-order valence-electron chi connectivity index (χ3n) is 3.16. The molecule has 2 rings (SSSR count). The number of carbonyl (C=O) groups excluding carboxylic acids is 1. The number of pyridine rings is 1. The molecule has 110 valence electrons. The monoisotopic (exact) mass is 290 g/mol. The highest BCUT2D eigenvalue weighted by Gasteiger charge is 2.11. The quantitative estimate of drug-likeness (QED) is 0.919. The van der Waals surface area contributed by atoms with Crippen LogP contribution in [0.25, 0.3) is 0 Å². The van der Waals surface area contributed by atoms with E-state index in [-0.39, 0.29) is 18.4 Å². The second kappa shape index (κ2) is 6.92. The summed E-state index contributed by atoms with van der Waals surface area (Å²) in [5.74, 6) is -1.44. The Balaban J connectivity index is 1.87. The molecule has 1 aromatic carbocycles. The van der Waals surface area contributed by atoms with E-state index in [1.807, 2.05) is 19.1 Å². The van der Waals surface area contributed by atoms with Crippen molar-refractivity contribution in [2.45, 2.75) is 25.8 Å². The first kappa shape index (κ1) is 15.1. The normalized spacial score (nSPS) is 12.0. The Kier molecular flexibility index (Phi) is 4.98. The molecule has 1 unspecified atom stereocenters. The molecule has 1 atom stereocenters. The van der Waals surface area contributed by atoms with Gasteiger partial charge in [0.05, 0.1) is 0 Å². The molecule has 0 spiro atoms. The topological polar surface area (TPSA) is 42.0 Å². The first-order valence-electron chi connectivity index (χ1n) is 6.66. The molecule has 1 amide bonds. The summed E-state index contributed by atoms with van der Waals surface area (Å²) in [4.78, 5) is 15.9. The largest absolute Gasteiger partial charge is 0.352 e. The Morgan fingerprint density at radius 3 is 2.62 bits per heavy atom. The lowest BCUT2D eigenvalue weighted by molar-refractivity contribution is -0.121. The molecule has 1 N–H and O–H groups in total. The minimum absolute atomic E-state index is 0.0305. The maximum atomic E-state index is 13.0. The summed E-state index contributed by atoms with van der Waals surface area (Å²) in [5.41, 5.74) is 1.37. The smallest absolute Gasteiger partial charge is 0.220 e. The molecule has 1 heterocycles. The average molecular weight is 290 g/mol. The Bertz CT molecular complexity index is 597. The minimum atomic E-state index is -0.650. The maximum Gasteiger partial charge on any atom is 0.220 e. The first-order valence-corrected chi connectivity index (χ1v) is 6.66. The van der Waals surface area contributed by atoms with Gasteiger partial charge in [-0.25, -0.2) is 8.78 Å². The lowest BCUT2D eigenvalue weighted by atomic mass is 9.99. The van der Waals surface area contributed by atoms with Crippen molar-refractivity contribution in [3.63, 3.8) is 0 Å². The molecule has 0 saturated carbocycles. The summed E-state index contributed by atoms with van der Waals surface area (Å²) in [6.07, 6.45) is 3.69. The number of rotatable bonds is 5. The van der Waals surface area contributed by atoms with Crippen LogP contribution in [0.4, 0.5) is 8.78 Å². The number of aromatic nitrogens is 1. The number of halogens is 2. The first-order chi connectivity index (χ1) is 10.0. The van der Waals surface area contributed by atoms with E-state index in [1.54, 1.807) is 12.4 Å². The van der Waals surface area contributed by atoms with E-state index in [4.69, 9.17) is 0 Å². The molecule has 0 aliphatic heterocycles. The molecule has 0 aliphatic rings. The van der Waals surface area contributed by atoms with Crippen molar-refractivity contribution >= 4 is 5.91 Å². The second-order valence-corrected chi connectivity index (χ2v) is 4.95. The molecule has 21 heavy (non-hydrogen) atoms. The van der Waals surface area contributed by atoms with Crippen molar-refractivity contribution < 1.29 is 13.6 Å². The van der Waals surface area contributed by atoms with Crippen LogP contribution < -0.4 is 5.32 Å². The summed E-state index contributed by atoms with van der Waals surface area (Å²) in [6, 6.07) is 6.93. The van der Waals surface area contributed by atoms with Gasteiger partial charge in [0.1, 0.15) is 11.6 Å². The lowest BCUT2D eigenvalue weighted by Crippen LogP contribution is -2.24. The van der Waals surface area contributed by atoms with E-state index >= 15 is 0 Å². The van der Waals surface area contributed by atoms with Crippen LogP contribution in [0.2, 0.25) is 0 Å². The van der Waals surface area contributed by atoms with Crippen LogP contribution in [-0.4, -0.2) is 10.9 Å². The number of hydrogen-bond donors (Lipinski definition) is 1. The fraction of sp³-hybridized carbons (Fsp3) is 0.250. The van der Waals surface area contributed by atoms with Crippen molar-refractivity contribution in [2.24, 2.45) is 0 Å². The Morgan fingerprint density at radius 2 is 2.00 bits per heavy atom. The van der Waals surface area contributed by atoms with Crippen molar-refractivity contribution in [1.29, 1.82) is 0 Å². The number of benzene rings is 1. The number of carbonyl (C=O) groups is 1. The fourth-order valence-corrected chi connectivity index (χ4v) is 2.05. The van der Waals surface area contributed by atoms with E-state index in [0.717, 1.165) is 11.6 Å². The summed E-state index contributed by atoms with van der Waals surface area (Å²) < 4.78 is 26.0. The van der Waals surface area contributed by atoms with Crippen molar-refractivity contribution in [3.8, 4) is 0 Å². The van der Waals surface area contributed by atoms with Crippen LogP contribution in [0.15, 0.2) is 42.7 Å². The predicted octanol–water partition coefficient (Wildman–Crippen LogP) is 3.17. The van der Waals surface area contributed by atoms with Crippen LogP contribution in [0.1, 0.15) is 30.4 Å². The molecular formula is C16H16F2N2O. The Labute approximate surface area is 122 Å². The lowest BCUT2D eigenvalue weighted by Gasteiger charge is -2.11. The van der Waals surface area contributed by atoms with Crippen LogP contribution in [0.3, 0.4) is 0 Å². The highest BCUT2D eigenvalue weighted by Crippen LogP contribution is 2.17. The van der Waals surface area contributed by atoms with Gasteiger partial charge in [0, 0.05) is 31.4 Å². The van der Waals surface area contributed by atoms with Crippen LogP contribution in [0, 0.1) is 11.6 Å². The van der Waals surface area contributed by atoms with Gasteiger partial charge in [0.25, 0.3) is 0 Å². The number of amides is 1. The SMILES string of the molecule is CC(CC(=O)NCc1cc(F)cc(F)c1)c1cccnc1. The third kappa shape index (κ3) is 4.63. The fourth-order valence-electron chi connectivity index (χ4n) is 2.05. The molecule has 0 fully saturated rings. The van der Waals surface area contributed by atoms with Crippen molar-refractivity contribution in [2.75, 3.05) is 0 Å². The summed E-state index contributed by atoms with van der Waals surface area (Å²) in [6.45, 7) is 2.03. The van der Waals surface area contributed by atoms with Gasteiger partial charge in [0.2, 0.25) is 5.91 Å². The van der Waals surface area contributed by atoms with Crippen LogP contribution in [0.5, 0.6) is 0 Å². The second-order valence-electron chi connectivity index (χ2n) is 4.95. The van der Waals surface area contributed by atoms with Gasteiger partial charge >= 0.3 is 0 Å². The molecule has 0 bridgehead atoms. The molecule has 0 radical (unpaired) electrons. The minimum Gasteiger partial charge on any atom is -0.352 e. The molecule has 3 nitrogen and oxygen atoms in total. The van der Waals surface area contributed by atoms with Crippen LogP contribution >= 0.6 is 0 Å². The van der Waals surface area contributed by atoms with E-state index in [9.17, 15) is 13.6 Å². The van der Waals surface area contributed by atoms with Gasteiger partial charge in [-0.15, -0.1) is 0 Å². The zero-order valence-electron chi connectivity index (χ0n) is 11.6. The maximum absolute atomic E-state index is 13.0. The number of hydrogen-bond acceptors (Lipinski definition) is 2. The molecule has 1 aromatic heterocycles. The molecule has 0 saturated heterocycles. The summed E-state index contributed by atoms with van der Waals surface area (Å²) >= 11 is 0. The average Bonchev–Trinajstić information content (AvgIpc) is 2.45. The number of nitrogens with one attached hydrogen (secondary N) is 1. The standard InChI is InChI=1S/C16H16F2N2O/c1-11(13-3-2-4-19-10-13)5-16(21)20-9-12-6-14(17)8-15(18)7-12/h2-4,6-8,10-11H,5,9H2,1H3,(H,20,21). The van der Waals surface area contributed by atoms with Gasteiger partial charge in [-0.3, -0.25) is 9.78 Å². The predicted molar refractivity (Wildman–Crippen MR) is 75.5 cm³/mol. The number of nitrogens with zero attached hydrogens (tertiary/aromatic N) is 1. The van der Waals surface area contributed by atoms with E-state index in [2.05, 4.69) is 10.3 Å².